The maximum Gasteiger partial charge on any atom is 0.251 e. The first kappa shape index (κ1) is 18.9. The van der Waals surface area contributed by atoms with Crippen LogP contribution in [-0.4, -0.2) is 24.3 Å². The molecule has 0 unspecified atom stereocenters. The third-order valence-corrected chi connectivity index (χ3v) is 7.37. The van der Waals surface area contributed by atoms with Gasteiger partial charge in [0, 0.05) is 24.2 Å². The van der Waals surface area contributed by atoms with Crippen LogP contribution in [0, 0.1) is 6.92 Å². The number of nitrogens with zero attached hydrogens (tertiary/aromatic N) is 1. The number of fused-ring (bicyclic) bond motifs is 2. The van der Waals surface area contributed by atoms with Gasteiger partial charge in [0.1, 0.15) is 0 Å². The van der Waals surface area contributed by atoms with Crippen molar-refractivity contribution in [2.45, 2.75) is 44.6 Å². The summed E-state index contributed by atoms with van der Waals surface area (Å²) in [5, 5.41) is 0.983. The Balaban J connectivity index is 1.68. The largest absolute Gasteiger partial charge is 0.322 e. The van der Waals surface area contributed by atoms with Crippen LogP contribution in [0.4, 0.5) is 0 Å². The first-order valence-corrected chi connectivity index (χ1v) is 11.0. The van der Waals surface area contributed by atoms with Gasteiger partial charge in [-0.1, -0.05) is 26.0 Å². The van der Waals surface area contributed by atoms with Crippen LogP contribution in [0.15, 0.2) is 52.2 Å². The van der Waals surface area contributed by atoms with E-state index in [-0.39, 0.29) is 5.56 Å². The second kappa shape index (κ2) is 6.87. The number of nitrogens with one attached hydrogen (secondary N) is 1. The fourth-order valence-electron chi connectivity index (χ4n) is 3.73. The van der Waals surface area contributed by atoms with Crippen LogP contribution >= 0.6 is 0 Å². The molecule has 3 aromatic rings. The summed E-state index contributed by atoms with van der Waals surface area (Å²) in [6.07, 6.45) is 0.659. The lowest BCUT2D eigenvalue weighted by Gasteiger charge is -2.28. The monoisotopic (exact) mass is 396 g/mol. The van der Waals surface area contributed by atoms with Gasteiger partial charge in [-0.25, -0.2) is 8.42 Å². The van der Waals surface area contributed by atoms with Crippen molar-refractivity contribution < 1.29 is 8.42 Å². The van der Waals surface area contributed by atoms with Crippen LogP contribution in [0.1, 0.15) is 42.0 Å². The van der Waals surface area contributed by atoms with E-state index >= 15 is 0 Å². The molecule has 0 aliphatic carbocycles. The molecule has 2 heterocycles. The number of H-pyrrole nitrogens is 1. The van der Waals surface area contributed by atoms with E-state index in [2.05, 4.69) is 24.9 Å². The van der Waals surface area contributed by atoms with Gasteiger partial charge in [0.25, 0.3) is 5.56 Å². The fourth-order valence-corrected chi connectivity index (χ4v) is 5.15. The Morgan fingerprint density at radius 1 is 1.04 bits per heavy atom. The molecule has 4 rings (SSSR count). The molecule has 0 radical (unpaired) electrons. The van der Waals surface area contributed by atoms with E-state index in [0.29, 0.717) is 35.9 Å². The highest BCUT2D eigenvalue weighted by Gasteiger charge is 2.28. The number of hydrogen-bond acceptors (Lipinski definition) is 3. The van der Waals surface area contributed by atoms with Crippen molar-refractivity contribution >= 4 is 20.9 Å². The summed E-state index contributed by atoms with van der Waals surface area (Å²) in [5.74, 6) is 0.359. The van der Waals surface area contributed by atoms with E-state index in [1.54, 1.807) is 19.1 Å². The SMILES string of the molecule is Cc1cc2cc3c(cc2[nH]c1=O)CN(S(=O)(=O)c1ccc(C(C)C)cc1)CC3. The standard InChI is InChI=1S/C22H24N2O3S/c1-14(2)16-4-6-20(7-5-16)28(26,27)24-9-8-17-11-18-10-15(3)22(25)23-21(18)12-19(17)13-24/h4-7,10-12,14H,8-9,13H2,1-3H3,(H,23,25). The van der Waals surface area contributed by atoms with Crippen molar-refractivity contribution in [2.75, 3.05) is 6.54 Å². The van der Waals surface area contributed by atoms with Gasteiger partial charge >= 0.3 is 0 Å². The van der Waals surface area contributed by atoms with Gasteiger partial charge in [0.15, 0.2) is 0 Å². The number of sulfonamides is 1. The van der Waals surface area contributed by atoms with Crippen LogP contribution in [0.5, 0.6) is 0 Å². The maximum absolute atomic E-state index is 13.1. The molecular formula is C22H24N2O3S. The number of aryl methyl sites for hydroxylation is 1. The highest BCUT2D eigenvalue weighted by molar-refractivity contribution is 7.89. The summed E-state index contributed by atoms with van der Waals surface area (Å²) in [6, 6.07) is 13.0. The first-order valence-electron chi connectivity index (χ1n) is 9.51. The van der Waals surface area contributed by atoms with Crippen LogP contribution in [0.2, 0.25) is 0 Å². The molecule has 1 aliphatic rings. The Morgan fingerprint density at radius 3 is 2.43 bits per heavy atom. The van der Waals surface area contributed by atoms with Gasteiger partial charge in [-0.2, -0.15) is 4.31 Å². The smallest absolute Gasteiger partial charge is 0.251 e. The Kier molecular flexibility index (Phi) is 4.63. The molecule has 0 atom stereocenters. The summed E-state index contributed by atoms with van der Waals surface area (Å²) in [7, 11) is -3.55. The summed E-state index contributed by atoms with van der Waals surface area (Å²) >= 11 is 0. The molecule has 0 amide bonds. The van der Waals surface area contributed by atoms with Gasteiger partial charge in [-0.3, -0.25) is 4.79 Å². The zero-order valence-electron chi connectivity index (χ0n) is 16.3. The van der Waals surface area contributed by atoms with Crippen molar-refractivity contribution in [2.24, 2.45) is 0 Å². The van der Waals surface area contributed by atoms with E-state index in [1.165, 1.54) is 4.31 Å². The average molecular weight is 397 g/mol. The van der Waals surface area contributed by atoms with Crippen LogP contribution in [-0.2, 0) is 23.0 Å². The van der Waals surface area contributed by atoms with Crippen LogP contribution in [0.25, 0.3) is 10.9 Å². The van der Waals surface area contributed by atoms with Crippen molar-refractivity contribution in [3.8, 4) is 0 Å². The van der Waals surface area contributed by atoms with Crippen molar-refractivity contribution in [1.29, 1.82) is 0 Å². The van der Waals surface area contributed by atoms with Crippen molar-refractivity contribution in [1.82, 2.24) is 9.29 Å². The molecule has 6 heteroatoms. The highest BCUT2D eigenvalue weighted by atomic mass is 32.2. The number of benzene rings is 2. The second-order valence-electron chi connectivity index (χ2n) is 7.80. The summed E-state index contributed by atoms with van der Waals surface area (Å²) < 4.78 is 27.7. The molecule has 0 saturated heterocycles. The van der Waals surface area contributed by atoms with Crippen molar-refractivity contribution in [3.63, 3.8) is 0 Å². The van der Waals surface area contributed by atoms with Gasteiger partial charge in [0.2, 0.25) is 10.0 Å². The molecule has 5 nitrogen and oxygen atoms in total. The zero-order valence-corrected chi connectivity index (χ0v) is 17.1. The minimum absolute atomic E-state index is 0.113. The van der Waals surface area contributed by atoms with Gasteiger partial charge in [-0.15, -0.1) is 0 Å². The lowest BCUT2D eigenvalue weighted by Crippen LogP contribution is -2.36. The van der Waals surface area contributed by atoms with Gasteiger partial charge in [0.05, 0.1) is 4.90 Å². The maximum atomic E-state index is 13.1. The number of rotatable bonds is 3. The highest BCUT2D eigenvalue weighted by Crippen LogP contribution is 2.28. The third-order valence-electron chi connectivity index (χ3n) is 5.51. The normalized spacial score (nSPS) is 15.1. The molecule has 28 heavy (non-hydrogen) atoms. The molecule has 2 aromatic carbocycles. The van der Waals surface area contributed by atoms with E-state index in [9.17, 15) is 13.2 Å². The molecule has 146 valence electrons. The molecule has 0 bridgehead atoms. The lowest BCUT2D eigenvalue weighted by molar-refractivity contribution is 0.391. The second-order valence-corrected chi connectivity index (χ2v) is 9.74. The first-order chi connectivity index (χ1) is 13.3. The number of aromatic nitrogens is 1. The quantitative estimate of drug-likeness (QED) is 0.734. The van der Waals surface area contributed by atoms with Crippen LogP contribution in [0.3, 0.4) is 0 Å². The molecule has 1 aliphatic heterocycles. The Hall–Kier alpha value is -2.44. The minimum atomic E-state index is -3.55. The summed E-state index contributed by atoms with van der Waals surface area (Å²) in [5.41, 5.74) is 4.51. The average Bonchev–Trinajstić information content (AvgIpc) is 2.67. The molecule has 0 spiro atoms. The van der Waals surface area contributed by atoms with E-state index in [1.807, 2.05) is 24.3 Å². The van der Waals surface area contributed by atoms with Crippen LogP contribution < -0.4 is 5.56 Å². The van der Waals surface area contributed by atoms with Crippen molar-refractivity contribution in [3.05, 3.63) is 75.1 Å². The summed E-state index contributed by atoms with van der Waals surface area (Å²) in [6.45, 7) is 6.73. The lowest BCUT2D eigenvalue weighted by atomic mass is 9.98. The number of aromatic amines is 1. The predicted octanol–water partition coefficient (Wildman–Crippen LogP) is 3.71. The number of hydrogen-bond donors (Lipinski definition) is 1. The molecule has 0 saturated carbocycles. The fraction of sp³-hybridized carbons (Fsp3) is 0.318. The molecular weight excluding hydrogens is 372 g/mol. The Labute approximate surface area is 165 Å². The predicted molar refractivity (Wildman–Crippen MR) is 111 cm³/mol. The topological polar surface area (TPSA) is 70.2 Å². The Bertz CT molecular complexity index is 1210. The zero-order chi connectivity index (χ0) is 20.1. The van der Waals surface area contributed by atoms with E-state index < -0.39 is 10.0 Å². The molecule has 0 fully saturated rings. The van der Waals surface area contributed by atoms with E-state index in [4.69, 9.17) is 0 Å². The van der Waals surface area contributed by atoms with E-state index in [0.717, 1.165) is 27.6 Å². The third kappa shape index (κ3) is 3.27. The molecule has 1 aromatic heterocycles. The molecule has 1 N–H and O–H groups in total. The summed E-state index contributed by atoms with van der Waals surface area (Å²) in [4.78, 5) is 15.1. The Morgan fingerprint density at radius 2 is 1.75 bits per heavy atom. The minimum Gasteiger partial charge on any atom is -0.322 e. The number of pyridine rings is 1. The van der Waals surface area contributed by atoms with Gasteiger partial charge in [-0.05, 0) is 71.7 Å². The van der Waals surface area contributed by atoms with Gasteiger partial charge < -0.3 is 4.98 Å².